The Hall–Kier alpha value is -1.62. The van der Waals surface area contributed by atoms with Gasteiger partial charge in [-0.2, -0.15) is 0 Å². The molecule has 10 unspecified atom stereocenters. The Balaban J connectivity index is 0.944. The van der Waals surface area contributed by atoms with Crippen LogP contribution in [0.15, 0.2) is 4.99 Å². The van der Waals surface area contributed by atoms with Gasteiger partial charge in [0.1, 0.15) is 12.2 Å². The Morgan fingerprint density at radius 3 is 2.49 bits per heavy atom. The van der Waals surface area contributed by atoms with Gasteiger partial charge in [0, 0.05) is 39.0 Å². The van der Waals surface area contributed by atoms with E-state index in [1.807, 2.05) is 0 Å². The van der Waals surface area contributed by atoms with E-state index in [1.165, 1.54) is 26.2 Å². The zero-order valence-corrected chi connectivity index (χ0v) is 34.8. The van der Waals surface area contributed by atoms with E-state index in [-0.39, 0.29) is 54.6 Å². The van der Waals surface area contributed by atoms with Crippen molar-refractivity contribution in [3.05, 3.63) is 0 Å². The molecule has 3 aliphatic heterocycles. The summed E-state index contributed by atoms with van der Waals surface area (Å²) in [5.74, 6) is 1.86. The number of aliphatic hydroxyl groups is 3. The quantitative estimate of drug-likeness (QED) is 0.0488. The molecule has 0 aromatic carbocycles. The van der Waals surface area contributed by atoms with Crippen molar-refractivity contribution < 1.29 is 39.1 Å². The fraction of sp³-hybridized carbons (Fsp3) is 0.953. The van der Waals surface area contributed by atoms with E-state index in [0.29, 0.717) is 56.0 Å². The van der Waals surface area contributed by atoms with Crippen LogP contribution in [0, 0.1) is 23.7 Å². The Kier molecular flexibility index (Phi) is 18.0. The number of aliphatic hydroxyl groups excluding tert-OH is 3. The van der Waals surface area contributed by atoms with Crippen LogP contribution in [0.3, 0.4) is 0 Å². The van der Waals surface area contributed by atoms with Crippen molar-refractivity contribution in [3.8, 4) is 0 Å². The lowest BCUT2D eigenvalue weighted by molar-refractivity contribution is -0.182. The van der Waals surface area contributed by atoms with Crippen molar-refractivity contribution in [2.45, 2.75) is 202 Å². The van der Waals surface area contributed by atoms with Crippen molar-refractivity contribution >= 4 is 11.9 Å². The van der Waals surface area contributed by atoms with Gasteiger partial charge in [-0.25, -0.2) is 0 Å². The molecule has 14 nitrogen and oxygen atoms in total. The first-order chi connectivity index (χ1) is 27.6. The molecule has 3 saturated carbocycles. The van der Waals surface area contributed by atoms with Crippen molar-refractivity contribution in [1.29, 1.82) is 0 Å². The number of rotatable bonds is 16. The van der Waals surface area contributed by atoms with E-state index < -0.39 is 24.4 Å². The van der Waals surface area contributed by atoms with E-state index in [0.717, 1.165) is 110 Å². The molecule has 6 rings (SSSR count). The van der Waals surface area contributed by atoms with Gasteiger partial charge in [-0.3, -0.25) is 9.79 Å². The Morgan fingerprint density at radius 1 is 0.825 bits per heavy atom. The summed E-state index contributed by atoms with van der Waals surface area (Å²) in [6.45, 7) is 5.82. The molecule has 3 saturated heterocycles. The van der Waals surface area contributed by atoms with Crippen LogP contribution in [0.5, 0.6) is 0 Å². The Morgan fingerprint density at radius 2 is 1.68 bits per heavy atom. The fourth-order valence-corrected chi connectivity index (χ4v) is 10.9. The summed E-state index contributed by atoms with van der Waals surface area (Å²) in [7, 11) is 0. The zero-order chi connectivity index (χ0) is 40.1. The molecule has 3 aliphatic carbocycles. The minimum absolute atomic E-state index is 0.00669. The van der Waals surface area contributed by atoms with Crippen LogP contribution >= 0.6 is 0 Å². The number of nitrogens with two attached hydrogens (primary N) is 2. The third kappa shape index (κ3) is 14.5. The highest BCUT2D eigenvalue weighted by molar-refractivity contribution is 5.78. The summed E-state index contributed by atoms with van der Waals surface area (Å²) in [6, 6.07) is 0.211. The predicted octanol–water partition coefficient (Wildman–Crippen LogP) is 2.98. The van der Waals surface area contributed by atoms with Crippen molar-refractivity contribution in [1.82, 2.24) is 16.0 Å². The zero-order valence-electron chi connectivity index (χ0n) is 34.8. The number of esters is 1. The molecule has 57 heavy (non-hydrogen) atoms. The maximum Gasteiger partial charge on any atom is 0.302 e. The lowest BCUT2D eigenvalue weighted by Gasteiger charge is -2.44. The van der Waals surface area contributed by atoms with E-state index >= 15 is 0 Å². The van der Waals surface area contributed by atoms with E-state index in [4.69, 9.17) is 30.4 Å². The molecule has 328 valence electrons. The van der Waals surface area contributed by atoms with Gasteiger partial charge in [0.25, 0.3) is 0 Å². The van der Waals surface area contributed by atoms with Gasteiger partial charge in [0.15, 0.2) is 5.96 Å². The summed E-state index contributed by atoms with van der Waals surface area (Å²) >= 11 is 0. The van der Waals surface area contributed by atoms with Gasteiger partial charge < -0.3 is 61.7 Å². The topological polar surface area (TPSA) is 215 Å². The van der Waals surface area contributed by atoms with Gasteiger partial charge in [0.05, 0.1) is 48.9 Å². The first kappa shape index (κ1) is 44.9. The van der Waals surface area contributed by atoms with Crippen LogP contribution in [0.25, 0.3) is 0 Å². The number of guanidine groups is 1. The van der Waals surface area contributed by atoms with E-state index in [2.05, 4.69) is 20.9 Å². The molecule has 0 aromatic rings. The molecule has 14 heteroatoms. The van der Waals surface area contributed by atoms with Gasteiger partial charge in [0.2, 0.25) is 0 Å². The standard InChI is InChI=1S/C43H78N6O8/c1-27(50)55-35-24-34(56-38(25-35)31-21-37(52)42(53)40(22-31)54-18-14-30-6-3-15-46-26-30)11-9-29-10-12-36(51)39(19-29)57-33-8-2-7-32(23-33)49-43(45)48-16-4-5-28-13-17-47-41(44)20-28/h28-42,46-47,51-53H,2-26,44H2,1H3,(H3,45,48,49)/t28?,29?,30?,31?,32-,33+,34-,35-,36?,37?,38-,39?,40?,41?,42?/m0/s1. The molecular weight excluding hydrogens is 729 g/mol. The average molecular weight is 807 g/mol. The second kappa shape index (κ2) is 22.8. The Bertz CT molecular complexity index is 1230. The van der Waals surface area contributed by atoms with Crippen LogP contribution in [0.2, 0.25) is 0 Å². The molecule has 0 amide bonds. The van der Waals surface area contributed by atoms with Crippen molar-refractivity contribution in [2.75, 3.05) is 32.8 Å². The summed E-state index contributed by atoms with van der Waals surface area (Å²) < 4.78 is 25.5. The van der Waals surface area contributed by atoms with E-state index in [1.54, 1.807) is 0 Å². The summed E-state index contributed by atoms with van der Waals surface area (Å²) in [4.78, 5) is 16.7. The number of nitrogens with zero attached hydrogens (tertiary/aromatic N) is 1. The average Bonchev–Trinajstić information content (AvgIpc) is 3.18. The number of nitrogens with one attached hydrogen (secondary N) is 3. The first-order valence-corrected chi connectivity index (χ1v) is 23.0. The fourth-order valence-electron chi connectivity index (χ4n) is 10.9. The van der Waals surface area contributed by atoms with Crippen LogP contribution in [-0.4, -0.2) is 127 Å². The lowest BCUT2D eigenvalue weighted by Crippen LogP contribution is -2.51. The molecule has 15 atom stereocenters. The second-order valence-corrected chi connectivity index (χ2v) is 18.7. The number of aliphatic imine (C=N–C) groups is 1. The molecule has 6 aliphatic rings. The largest absolute Gasteiger partial charge is 0.462 e. The van der Waals surface area contributed by atoms with Crippen LogP contribution < -0.4 is 27.4 Å². The SMILES string of the molecule is CC(=O)O[C@H]1C[C@H](CCC2CCC(O)C(O[C@@H]3CCC[C@H](NC(N)=NCCCC4CCNC(N)C4)C3)C2)O[C@H](C2CC(O)C(O)C(OCCC3CCCNC3)C2)C1. The monoisotopic (exact) mass is 807 g/mol. The highest BCUT2D eigenvalue weighted by Gasteiger charge is 2.44. The van der Waals surface area contributed by atoms with Crippen LogP contribution in [0.4, 0.5) is 0 Å². The molecule has 0 bridgehead atoms. The smallest absolute Gasteiger partial charge is 0.302 e. The minimum atomic E-state index is -0.918. The van der Waals surface area contributed by atoms with Crippen molar-refractivity contribution in [3.63, 3.8) is 0 Å². The molecule has 10 N–H and O–H groups in total. The molecule has 0 radical (unpaired) electrons. The predicted molar refractivity (Wildman–Crippen MR) is 219 cm³/mol. The lowest BCUT2D eigenvalue weighted by atomic mass is 9.77. The van der Waals surface area contributed by atoms with Crippen LogP contribution in [-0.2, 0) is 23.7 Å². The second-order valence-electron chi connectivity index (χ2n) is 18.7. The molecule has 6 fully saturated rings. The highest BCUT2D eigenvalue weighted by atomic mass is 16.6. The van der Waals surface area contributed by atoms with Gasteiger partial charge in [-0.05, 0) is 159 Å². The molecule has 0 aromatic heterocycles. The van der Waals surface area contributed by atoms with Crippen molar-refractivity contribution in [2.24, 2.45) is 40.1 Å². The number of carbonyl (C=O) groups is 1. The van der Waals surface area contributed by atoms with Crippen LogP contribution in [0.1, 0.15) is 135 Å². The van der Waals surface area contributed by atoms with Gasteiger partial charge in [-0.1, -0.05) is 0 Å². The number of hydrogen-bond acceptors (Lipinski definition) is 12. The normalized spacial score (nSPS) is 41.0. The van der Waals surface area contributed by atoms with Gasteiger partial charge in [-0.15, -0.1) is 0 Å². The summed E-state index contributed by atoms with van der Waals surface area (Å²) in [6.07, 6.45) is 14.8. The maximum absolute atomic E-state index is 12.1. The molecule has 0 spiro atoms. The van der Waals surface area contributed by atoms with E-state index in [9.17, 15) is 20.1 Å². The summed E-state index contributed by atoms with van der Waals surface area (Å²) in [5, 5.41) is 43.0. The number of hydrogen-bond donors (Lipinski definition) is 8. The highest BCUT2D eigenvalue weighted by Crippen LogP contribution is 2.39. The first-order valence-electron chi connectivity index (χ1n) is 23.0. The number of piperidine rings is 2. The number of ether oxygens (including phenoxy) is 4. The summed E-state index contributed by atoms with van der Waals surface area (Å²) in [5.41, 5.74) is 12.4. The third-order valence-corrected chi connectivity index (χ3v) is 14.1. The molecular formula is C43H78N6O8. The maximum atomic E-state index is 12.1. The Labute approximate surface area is 341 Å². The van der Waals surface area contributed by atoms with Gasteiger partial charge >= 0.3 is 5.97 Å². The third-order valence-electron chi connectivity index (χ3n) is 14.1. The number of carbonyl (C=O) groups excluding carboxylic acids is 1. The molecule has 3 heterocycles. The minimum Gasteiger partial charge on any atom is -0.462 e.